The van der Waals surface area contributed by atoms with E-state index in [9.17, 15) is 0 Å². The van der Waals surface area contributed by atoms with Crippen molar-refractivity contribution in [3.05, 3.63) is 29.7 Å². The molecule has 1 aliphatic heterocycles. The molecule has 2 aromatic rings. The summed E-state index contributed by atoms with van der Waals surface area (Å²) in [6.45, 7) is 5.25. The SMILES string of the molecule is Cc1nc(C#N)nc2ccc(N3CCOCC3)cc12. The van der Waals surface area contributed by atoms with Gasteiger partial charge in [0.15, 0.2) is 0 Å². The van der Waals surface area contributed by atoms with E-state index in [2.05, 4.69) is 20.9 Å². The molecule has 1 aromatic carbocycles. The van der Waals surface area contributed by atoms with Gasteiger partial charge in [0, 0.05) is 29.9 Å². The fraction of sp³-hybridized carbons (Fsp3) is 0.357. The lowest BCUT2D eigenvalue weighted by molar-refractivity contribution is 0.122. The van der Waals surface area contributed by atoms with Gasteiger partial charge in [-0.1, -0.05) is 0 Å². The van der Waals surface area contributed by atoms with E-state index in [1.54, 1.807) is 0 Å². The Kier molecular flexibility index (Phi) is 3.02. The van der Waals surface area contributed by atoms with Crippen molar-refractivity contribution in [1.29, 1.82) is 5.26 Å². The largest absolute Gasteiger partial charge is 0.378 e. The Balaban J connectivity index is 2.05. The second kappa shape index (κ2) is 4.82. The molecule has 0 N–H and O–H groups in total. The molecule has 1 aliphatic rings. The molecule has 0 unspecified atom stereocenters. The van der Waals surface area contributed by atoms with Gasteiger partial charge in [0.25, 0.3) is 0 Å². The van der Waals surface area contributed by atoms with Crippen molar-refractivity contribution in [3.63, 3.8) is 0 Å². The van der Waals surface area contributed by atoms with E-state index in [4.69, 9.17) is 10.00 Å². The molecule has 5 heteroatoms. The molecule has 0 atom stereocenters. The zero-order valence-corrected chi connectivity index (χ0v) is 10.8. The fourth-order valence-electron chi connectivity index (χ4n) is 2.34. The fourth-order valence-corrected chi connectivity index (χ4v) is 2.34. The number of hydrogen-bond donors (Lipinski definition) is 0. The Morgan fingerprint density at radius 3 is 2.79 bits per heavy atom. The number of aromatic nitrogens is 2. The zero-order chi connectivity index (χ0) is 13.2. The van der Waals surface area contributed by atoms with Crippen LogP contribution in [0.25, 0.3) is 10.9 Å². The molecule has 2 heterocycles. The van der Waals surface area contributed by atoms with Gasteiger partial charge < -0.3 is 9.64 Å². The van der Waals surface area contributed by atoms with Crippen LogP contribution in [0.15, 0.2) is 18.2 Å². The Hall–Kier alpha value is -2.19. The topological polar surface area (TPSA) is 62.0 Å². The average molecular weight is 254 g/mol. The number of rotatable bonds is 1. The highest BCUT2D eigenvalue weighted by Crippen LogP contribution is 2.23. The number of nitriles is 1. The van der Waals surface area contributed by atoms with Crippen LogP contribution >= 0.6 is 0 Å². The van der Waals surface area contributed by atoms with Gasteiger partial charge in [-0.3, -0.25) is 0 Å². The molecular formula is C14H14N4O. The van der Waals surface area contributed by atoms with Crippen molar-refractivity contribution in [2.24, 2.45) is 0 Å². The summed E-state index contributed by atoms with van der Waals surface area (Å²) in [5, 5.41) is 9.89. The Bertz CT molecular complexity index is 656. The van der Waals surface area contributed by atoms with Crippen molar-refractivity contribution >= 4 is 16.6 Å². The summed E-state index contributed by atoms with van der Waals surface area (Å²) in [7, 11) is 0. The third kappa shape index (κ3) is 2.23. The normalized spacial score (nSPS) is 15.5. The highest BCUT2D eigenvalue weighted by atomic mass is 16.5. The summed E-state index contributed by atoms with van der Waals surface area (Å²) in [6, 6.07) is 8.08. The summed E-state index contributed by atoms with van der Waals surface area (Å²) in [5.41, 5.74) is 2.82. The monoisotopic (exact) mass is 254 g/mol. The third-order valence-electron chi connectivity index (χ3n) is 3.35. The molecule has 0 radical (unpaired) electrons. The molecule has 1 saturated heterocycles. The lowest BCUT2D eigenvalue weighted by Gasteiger charge is -2.29. The number of anilines is 1. The van der Waals surface area contributed by atoms with Gasteiger partial charge >= 0.3 is 0 Å². The van der Waals surface area contributed by atoms with Crippen LogP contribution in [0.1, 0.15) is 11.5 Å². The maximum Gasteiger partial charge on any atom is 0.233 e. The first-order chi connectivity index (χ1) is 9.28. The second-order valence-corrected chi connectivity index (χ2v) is 4.55. The van der Waals surface area contributed by atoms with E-state index in [0.717, 1.165) is 48.6 Å². The average Bonchev–Trinajstić information content (AvgIpc) is 2.47. The second-order valence-electron chi connectivity index (χ2n) is 4.55. The standard InChI is InChI=1S/C14H14N4O/c1-10-12-8-11(18-4-6-19-7-5-18)2-3-13(12)17-14(9-15)16-10/h2-3,8H,4-7H2,1H3. The summed E-state index contributed by atoms with van der Waals surface area (Å²) in [5.74, 6) is 0.226. The van der Waals surface area contributed by atoms with Crippen LogP contribution in [-0.2, 0) is 4.74 Å². The van der Waals surface area contributed by atoms with Crippen LogP contribution in [0.3, 0.4) is 0 Å². The lowest BCUT2D eigenvalue weighted by atomic mass is 10.1. The van der Waals surface area contributed by atoms with Crippen LogP contribution in [0, 0.1) is 18.3 Å². The van der Waals surface area contributed by atoms with E-state index >= 15 is 0 Å². The number of morpholine rings is 1. The molecular weight excluding hydrogens is 240 g/mol. The molecule has 0 amide bonds. The van der Waals surface area contributed by atoms with Gasteiger partial charge in [0.1, 0.15) is 6.07 Å². The van der Waals surface area contributed by atoms with Crippen molar-refractivity contribution in [2.75, 3.05) is 31.2 Å². The summed E-state index contributed by atoms with van der Waals surface area (Å²) in [6.07, 6.45) is 0. The number of aryl methyl sites for hydroxylation is 1. The maximum atomic E-state index is 8.88. The predicted molar refractivity (Wildman–Crippen MR) is 72.0 cm³/mol. The lowest BCUT2D eigenvalue weighted by Crippen LogP contribution is -2.36. The molecule has 5 nitrogen and oxygen atoms in total. The van der Waals surface area contributed by atoms with Gasteiger partial charge in [0.05, 0.1) is 18.7 Å². The Morgan fingerprint density at radius 2 is 2.05 bits per heavy atom. The summed E-state index contributed by atoms with van der Waals surface area (Å²) in [4.78, 5) is 10.7. The Labute approximate surface area is 111 Å². The summed E-state index contributed by atoms with van der Waals surface area (Å²) >= 11 is 0. The molecule has 0 aliphatic carbocycles. The van der Waals surface area contributed by atoms with Crippen LogP contribution in [0.5, 0.6) is 0 Å². The van der Waals surface area contributed by atoms with Gasteiger partial charge in [-0.15, -0.1) is 0 Å². The van der Waals surface area contributed by atoms with E-state index in [1.807, 2.05) is 25.1 Å². The third-order valence-corrected chi connectivity index (χ3v) is 3.35. The van der Waals surface area contributed by atoms with Crippen LogP contribution in [-0.4, -0.2) is 36.3 Å². The minimum atomic E-state index is 0.226. The van der Waals surface area contributed by atoms with Crippen LogP contribution < -0.4 is 4.90 Å². The van der Waals surface area contributed by atoms with E-state index in [1.165, 1.54) is 0 Å². The first kappa shape index (κ1) is 11.9. The molecule has 0 saturated carbocycles. The quantitative estimate of drug-likeness (QED) is 0.774. The number of benzene rings is 1. The van der Waals surface area contributed by atoms with E-state index in [-0.39, 0.29) is 5.82 Å². The van der Waals surface area contributed by atoms with Crippen LogP contribution in [0.4, 0.5) is 5.69 Å². The van der Waals surface area contributed by atoms with Crippen molar-refractivity contribution in [2.45, 2.75) is 6.92 Å². The van der Waals surface area contributed by atoms with Gasteiger partial charge in [0.2, 0.25) is 5.82 Å². The highest BCUT2D eigenvalue weighted by molar-refractivity contribution is 5.84. The van der Waals surface area contributed by atoms with Crippen molar-refractivity contribution in [3.8, 4) is 6.07 Å². The first-order valence-corrected chi connectivity index (χ1v) is 6.29. The van der Waals surface area contributed by atoms with E-state index in [0.29, 0.717) is 0 Å². The van der Waals surface area contributed by atoms with Gasteiger partial charge in [-0.2, -0.15) is 5.26 Å². The number of ether oxygens (including phenoxy) is 1. The summed E-state index contributed by atoms with van der Waals surface area (Å²) < 4.78 is 5.36. The number of hydrogen-bond acceptors (Lipinski definition) is 5. The molecule has 1 aromatic heterocycles. The highest BCUT2D eigenvalue weighted by Gasteiger charge is 2.12. The molecule has 96 valence electrons. The maximum absolute atomic E-state index is 8.88. The minimum Gasteiger partial charge on any atom is -0.378 e. The van der Waals surface area contributed by atoms with Crippen molar-refractivity contribution in [1.82, 2.24) is 9.97 Å². The first-order valence-electron chi connectivity index (χ1n) is 6.29. The predicted octanol–water partition coefficient (Wildman–Crippen LogP) is 1.65. The zero-order valence-electron chi connectivity index (χ0n) is 10.8. The number of fused-ring (bicyclic) bond motifs is 1. The molecule has 1 fully saturated rings. The minimum absolute atomic E-state index is 0.226. The Morgan fingerprint density at radius 1 is 1.26 bits per heavy atom. The molecule has 19 heavy (non-hydrogen) atoms. The number of nitrogens with zero attached hydrogens (tertiary/aromatic N) is 4. The van der Waals surface area contributed by atoms with Crippen LogP contribution in [0.2, 0.25) is 0 Å². The molecule has 0 spiro atoms. The van der Waals surface area contributed by atoms with E-state index < -0.39 is 0 Å². The molecule has 0 bridgehead atoms. The van der Waals surface area contributed by atoms with Gasteiger partial charge in [-0.05, 0) is 25.1 Å². The van der Waals surface area contributed by atoms with Gasteiger partial charge in [-0.25, -0.2) is 9.97 Å². The smallest absolute Gasteiger partial charge is 0.233 e. The molecule has 3 rings (SSSR count). The van der Waals surface area contributed by atoms with Crippen molar-refractivity contribution < 1.29 is 4.74 Å².